The Bertz CT molecular complexity index is 1300. The molecule has 196 valence electrons. The Labute approximate surface area is 220 Å². The van der Waals surface area contributed by atoms with Crippen molar-refractivity contribution in [2.75, 3.05) is 66.3 Å². The molecule has 0 radical (unpaired) electrons. The lowest BCUT2D eigenvalue weighted by Crippen LogP contribution is -2.47. The molecule has 3 N–H and O–H groups in total. The van der Waals surface area contributed by atoms with Gasteiger partial charge in [0, 0.05) is 51.2 Å². The number of nitrogens with zero attached hydrogens (tertiary/aromatic N) is 9. The molecular weight excluding hydrogens is 484 g/mol. The van der Waals surface area contributed by atoms with Crippen molar-refractivity contribution in [1.82, 2.24) is 40.0 Å². The second-order valence-corrected chi connectivity index (χ2v) is 9.12. The maximum Gasteiger partial charge on any atom is 0.232 e. The number of benzene rings is 1. The molecule has 1 atom stereocenters. The molecule has 5 heterocycles. The van der Waals surface area contributed by atoms with Crippen molar-refractivity contribution in [1.29, 1.82) is 0 Å². The highest BCUT2D eigenvalue weighted by Gasteiger charge is 2.21. The molecule has 2 fully saturated rings. The van der Waals surface area contributed by atoms with Crippen LogP contribution in [-0.4, -0.2) is 86.7 Å². The van der Waals surface area contributed by atoms with Crippen molar-refractivity contribution < 1.29 is 4.74 Å². The molecule has 38 heavy (non-hydrogen) atoms. The van der Waals surface area contributed by atoms with E-state index in [1.807, 2.05) is 53.6 Å². The maximum absolute atomic E-state index is 5.76. The van der Waals surface area contributed by atoms with E-state index in [9.17, 15) is 0 Å². The molecule has 0 aliphatic carbocycles. The number of anilines is 6. The molecule has 3 aromatic heterocycles. The predicted molar refractivity (Wildman–Crippen MR) is 144 cm³/mol. The topological polar surface area (TPSA) is 134 Å². The van der Waals surface area contributed by atoms with Gasteiger partial charge in [-0.2, -0.15) is 10.1 Å². The van der Waals surface area contributed by atoms with Gasteiger partial charge >= 0.3 is 0 Å². The van der Waals surface area contributed by atoms with Gasteiger partial charge in [-0.1, -0.05) is 18.2 Å². The third-order valence-electron chi connectivity index (χ3n) is 6.39. The van der Waals surface area contributed by atoms with Gasteiger partial charge in [-0.15, -0.1) is 0 Å². The summed E-state index contributed by atoms with van der Waals surface area (Å²) in [7, 11) is 0. The van der Waals surface area contributed by atoms with Crippen molar-refractivity contribution in [2.24, 2.45) is 0 Å². The SMILES string of the molecule is c1ccc(Nc2cnc(N3CCN(c4ncnc(Nc5cnn(C[C@@H]6CNCCO6)c5)n4)CC3)nc2)cc1. The van der Waals surface area contributed by atoms with Crippen LogP contribution < -0.4 is 25.8 Å². The summed E-state index contributed by atoms with van der Waals surface area (Å²) in [6.07, 6.45) is 8.97. The fraction of sp³-hybridized carbons (Fsp3) is 0.360. The summed E-state index contributed by atoms with van der Waals surface area (Å²) in [6, 6.07) is 9.98. The van der Waals surface area contributed by atoms with Gasteiger partial charge in [0.15, 0.2) is 0 Å². The van der Waals surface area contributed by atoms with E-state index >= 15 is 0 Å². The Morgan fingerprint density at radius 2 is 1.63 bits per heavy atom. The fourth-order valence-corrected chi connectivity index (χ4v) is 4.45. The standard InChI is InChI=1S/C25H30N12O/c1-2-4-19(5-3-1)32-20-12-27-24(28-13-20)35-7-9-36(10-8-35)25-30-18-29-23(34-25)33-21-14-31-37(16-21)17-22-15-26-6-11-38-22/h1-5,12-14,16,18,22,26,32H,6-11,15,17H2,(H,29,30,33,34)/t22-/m0/s1. The Balaban J connectivity index is 1.02. The molecule has 13 heteroatoms. The quantitative estimate of drug-likeness (QED) is 0.316. The monoisotopic (exact) mass is 514 g/mol. The van der Waals surface area contributed by atoms with Crippen molar-refractivity contribution >= 4 is 34.9 Å². The van der Waals surface area contributed by atoms with E-state index < -0.39 is 0 Å². The molecule has 0 unspecified atom stereocenters. The minimum Gasteiger partial charge on any atom is -0.374 e. The van der Waals surface area contributed by atoms with E-state index in [1.54, 1.807) is 6.20 Å². The normalized spacial score (nSPS) is 17.8. The van der Waals surface area contributed by atoms with Crippen LogP contribution in [-0.2, 0) is 11.3 Å². The van der Waals surface area contributed by atoms with Crippen molar-refractivity contribution in [3.63, 3.8) is 0 Å². The highest BCUT2D eigenvalue weighted by molar-refractivity contribution is 5.58. The van der Waals surface area contributed by atoms with Gasteiger partial charge in [-0.3, -0.25) is 4.68 Å². The van der Waals surface area contributed by atoms with Crippen LogP contribution in [0.5, 0.6) is 0 Å². The first-order chi connectivity index (χ1) is 18.8. The van der Waals surface area contributed by atoms with E-state index in [-0.39, 0.29) is 6.10 Å². The number of piperazine rings is 1. The van der Waals surface area contributed by atoms with Crippen molar-refractivity contribution in [3.8, 4) is 0 Å². The van der Waals surface area contributed by atoms with Crippen LogP contribution in [0.1, 0.15) is 0 Å². The second-order valence-electron chi connectivity index (χ2n) is 9.12. The van der Waals surface area contributed by atoms with Crippen LogP contribution in [0.2, 0.25) is 0 Å². The number of ether oxygens (including phenoxy) is 1. The summed E-state index contributed by atoms with van der Waals surface area (Å²) in [5.41, 5.74) is 2.68. The maximum atomic E-state index is 5.76. The third kappa shape index (κ3) is 5.95. The first kappa shape index (κ1) is 24.0. The number of morpholine rings is 1. The van der Waals surface area contributed by atoms with Crippen LogP contribution in [0.4, 0.5) is 34.9 Å². The molecule has 0 amide bonds. The van der Waals surface area contributed by atoms with E-state index in [4.69, 9.17) is 4.74 Å². The Morgan fingerprint density at radius 1 is 0.842 bits per heavy atom. The highest BCUT2D eigenvalue weighted by Crippen LogP contribution is 2.19. The van der Waals surface area contributed by atoms with Gasteiger partial charge in [-0.25, -0.2) is 19.9 Å². The highest BCUT2D eigenvalue weighted by atomic mass is 16.5. The van der Waals surface area contributed by atoms with Crippen LogP contribution in [0.25, 0.3) is 0 Å². The van der Waals surface area contributed by atoms with E-state index in [1.165, 1.54) is 6.33 Å². The molecule has 0 saturated carbocycles. The van der Waals surface area contributed by atoms with Gasteiger partial charge in [0.05, 0.1) is 49.2 Å². The molecule has 4 aromatic rings. The number of rotatable bonds is 8. The minimum atomic E-state index is 0.119. The Morgan fingerprint density at radius 3 is 2.39 bits per heavy atom. The Hall–Kier alpha value is -4.36. The van der Waals surface area contributed by atoms with Gasteiger partial charge in [0.1, 0.15) is 6.33 Å². The van der Waals surface area contributed by atoms with Gasteiger partial charge in [0.2, 0.25) is 17.8 Å². The first-order valence-corrected chi connectivity index (χ1v) is 12.7. The molecule has 2 aliphatic heterocycles. The van der Waals surface area contributed by atoms with Crippen molar-refractivity contribution in [2.45, 2.75) is 12.6 Å². The lowest BCUT2D eigenvalue weighted by Gasteiger charge is -2.34. The number of nitrogens with one attached hydrogen (secondary N) is 3. The molecule has 13 nitrogen and oxygen atoms in total. The zero-order chi connectivity index (χ0) is 25.6. The average molecular weight is 515 g/mol. The summed E-state index contributed by atoms with van der Waals surface area (Å²) in [5, 5.41) is 14.3. The molecule has 2 aliphatic rings. The lowest BCUT2D eigenvalue weighted by atomic mass is 10.3. The van der Waals surface area contributed by atoms with E-state index in [0.717, 1.165) is 62.9 Å². The lowest BCUT2D eigenvalue weighted by molar-refractivity contribution is 0.0161. The number of hydrogen-bond donors (Lipinski definition) is 3. The fourth-order valence-electron chi connectivity index (χ4n) is 4.45. The number of para-hydroxylation sites is 1. The van der Waals surface area contributed by atoms with Gasteiger partial charge in [0.25, 0.3) is 0 Å². The van der Waals surface area contributed by atoms with Crippen LogP contribution in [0, 0.1) is 0 Å². The predicted octanol–water partition coefficient (Wildman–Crippen LogP) is 1.66. The minimum absolute atomic E-state index is 0.119. The smallest absolute Gasteiger partial charge is 0.232 e. The molecule has 2 saturated heterocycles. The summed E-state index contributed by atoms with van der Waals surface area (Å²) in [5.74, 6) is 1.84. The largest absolute Gasteiger partial charge is 0.374 e. The van der Waals surface area contributed by atoms with Crippen molar-refractivity contribution in [3.05, 3.63) is 61.4 Å². The van der Waals surface area contributed by atoms with E-state index in [0.29, 0.717) is 24.4 Å². The zero-order valence-corrected chi connectivity index (χ0v) is 20.9. The Kier molecular flexibility index (Phi) is 7.17. The van der Waals surface area contributed by atoms with Crippen LogP contribution in [0.3, 0.4) is 0 Å². The second kappa shape index (κ2) is 11.4. The summed E-state index contributed by atoms with van der Waals surface area (Å²) >= 11 is 0. The molecule has 6 rings (SSSR count). The zero-order valence-electron chi connectivity index (χ0n) is 20.9. The first-order valence-electron chi connectivity index (χ1n) is 12.7. The third-order valence-corrected chi connectivity index (χ3v) is 6.39. The molecular formula is C25H30N12O. The summed E-state index contributed by atoms with van der Waals surface area (Å²) in [4.78, 5) is 26.7. The van der Waals surface area contributed by atoms with Crippen LogP contribution >= 0.6 is 0 Å². The number of hydrogen-bond acceptors (Lipinski definition) is 12. The average Bonchev–Trinajstić information content (AvgIpc) is 3.41. The van der Waals surface area contributed by atoms with Gasteiger partial charge < -0.3 is 30.5 Å². The summed E-state index contributed by atoms with van der Waals surface area (Å²) in [6.45, 7) is 6.19. The summed E-state index contributed by atoms with van der Waals surface area (Å²) < 4.78 is 7.63. The van der Waals surface area contributed by atoms with Crippen LogP contribution in [0.15, 0.2) is 61.4 Å². The molecule has 0 spiro atoms. The molecule has 0 bridgehead atoms. The van der Waals surface area contributed by atoms with Gasteiger partial charge in [-0.05, 0) is 12.1 Å². The molecule has 1 aromatic carbocycles. The number of aromatic nitrogens is 7. The van der Waals surface area contributed by atoms with E-state index in [2.05, 4.69) is 55.8 Å².